The summed E-state index contributed by atoms with van der Waals surface area (Å²) in [4.78, 5) is 0. The maximum Gasteiger partial charge on any atom is 0.283 e. The van der Waals surface area contributed by atoms with E-state index in [1.54, 1.807) is 4.31 Å². The molecule has 0 aromatic rings. The SMILES string of the molecule is C#CCN(CC)S(=O)(=O)N1CCCCC1CNCC. The number of hydrogen-bond donors (Lipinski definition) is 1. The van der Waals surface area contributed by atoms with Gasteiger partial charge in [-0.3, -0.25) is 0 Å². The molecule has 110 valence electrons. The third-order valence-electron chi connectivity index (χ3n) is 3.45. The number of nitrogens with zero attached hydrogens (tertiary/aromatic N) is 2. The molecule has 1 rings (SSSR count). The van der Waals surface area contributed by atoms with Crippen molar-refractivity contribution in [3.63, 3.8) is 0 Å². The van der Waals surface area contributed by atoms with E-state index in [-0.39, 0.29) is 12.6 Å². The van der Waals surface area contributed by atoms with E-state index < -0.39 is 10.2 Å². The molecule has 1 saturated heterocycles. The van der Waals surface area contributed by atoms with E-state index in [1.165, 1.54) is 4.31 Å². The molecule has 1 heterocycles. The van der Waals surface area contributed by atoms with Crippen LogP contribution in [0.5, 0.6) is 0 Å². The largest absolute Gasteiger partial charge is 0.315 e. The molecule has 0 radical (unpaired) electrons. The highest BCUT2D eigenvalue weighted by Gasteiger charge is 2.35. The van der Waals surface area contributed by atoms with E-state index in [2.05, 4.69) is 11.2 Å². The van der Waals surface area contributed by atoms with Gasteiger partial charge < -0.3 is 5.32 Å². The van der Waals surface area contributed by atoms with E-state index in [1.807, 2.05) is 13.8 Å². The van der Waals surface area contributed by atoms with Crippen molar-refractivity contribution in [2.24, 2.45) is 0 Å². The van der Waals surface area contributed by atoms with Crippen LogP contribution >= 0.6 is 0 Å². The average Bonchev–Trinajstić information content (AvgIpc) is 2.42. The Morgan fingerprint density at radius 2 is 2.16 bits per heavy atom. The molecule has 1 atom stereocenters. The number of rotatable bonds is 7. The number of terminal acetylenes is 1. The minimum Gasteiger partial charge on any atom is -0.315 e. The molecule has 1 unspecified atom stereocenters. The molecule has 1 aliphatic heterocycles. The van der Waals surface area contributed by atoms with Gasteiger partial charge in [-0.25, -0.2) is 0 Å². The van der Waals surface area contributed by atoms with E-state index in [0.717, 1.165) is 25.8 Å². The molecular weight excluding hydrogens is 262 g/mol. The average molecular weight is 287 g/mol. The van der Waals surface area contributed by atoms with Gasteiger partial charge in [0.05, 0.1) is 6.54 Å². The van der Waals surface area contributed by atoms with Gasteiger partial charge in [0.2, 0.25) is 0 Å². The first-order chi connectivity index (χ1) is 9.07. The van der Waals surface area contributed by atoms with Crippen LogP contribution < -0.4 is 5.32 Å². The normalized spacial score (nSPS) is 21.5. The van der Waals surface area contributed by atoms with Crippen LogP contribution in [-0.4, -0.2) is 55.8 Å². The summed E-state index contributed by atoms with van der Waals surface area (Å²) in [6.45, 7) is 6.56. The van der Waals surface area contributed by atoms with Crippen molar-refractivity contribution in [1.82, 2.24) is 13.9 Å². The van der Waals surface area contributed by atoms with Crippen molar-refractivity contribution in [3.05, 3.63) is 0 Å². The molecule has 6 heteroatoms. The van der Waals surface area contributed by atoms with Crippen LogP contribution in [0, 0.1) is 12.3 Å². The highest BCUT2D eigenvalue weighted by atomic mass is 32.2. The predicted molar refractivity (Wildman–Crippen MR) is 77.9 cm³/mol. The number of piperidine rings is 1. The molecule has 1 N–H and O–H groups in total. The smallest absolute Gasteiger partial charge is 0.283 e. The Morgan fingerprint density at radius 1 is 1.42 bits per heavy atom. The highest BCUT2D eigenvalue weighted by Crippen LogP contribution is 2.22. The first kappa shape index (κ1) is 16.4. The van der Waals surface area contributed by atoms with E-state index in [0.29, 0.717) is 19.6 Å². The van der Waals surface area contributed by atoms with E-state index in [4.69, 9.17) is 6.42 Å². The van der Waals surface area contributed by atoms with Gasteiger partial charge in [-0.1, -0.05) is 26.2 Å². The van der Waals surface area contributed by atoms with Crippen LogP contribution in [0.4, 0.5) is 0 Å². The Hall–Kier alpha value is -0.610. The van der Waals surface area contributed by atoms with Gasteiger partial charge in [-0.15, -0.1) is 6.42 Å². The predicted octanol–water partition coefficient (Wildman–Crippen LogP) is 0.650. The fraction of sp³-hybridized carbons (Fsp3) is 0.846. The molecule has 0 aromatic carbocycles. The zero-order valence-electron chi connectivity index (χ0n) is 11.9. The number of likely N-dealkylation sites (N-methyl/N-ethyl adjacent to an activating group) is 1. The molecule has 19 heavy (non-hydrogen) atoms. The van der Waals surface area contributed by atoms with Crippen LogP contribution in [0.25, 0.3) is 0 Å². The van der Waals surface area contributed by atoms with E-state index in [9.17, 15) is 8.42 Å². The third-order valence-corrected chi connectivity index (χ3v) is 5.56. The summed E-state index contributed by atoms with van der Waals surface area (Å²) in [6, 6.07) is 0.0468. The first-order valence-electron chi connectivity index (χ1n) is 6.99. The summed E-state index contributed by atoms with van der Waals surface area (Å²) >= 11 is 0. The Labute approximate surface area is 117 Å². The van der Waals surface area contributed by atoms with Crippen LogP contribution in [0.2, 0.25) is 0 Å². The summed E-state index contributed by atoms with van der Waals surface area (Å²) in [5.74, 6) is 2.43. The van der Waals surface area contributed by atoms with Crippen molar-refractivity contribution in [2.75, 3.05) is 32.7 Å². The summed E-state index contributed by atoms with van der Waals surface area (Å²) in [6.07, 6.45) is 8.19. The van der Waals surface area contributed by atoms with Crippen molar-refractivity contribution < 1.29 is 8.42 Å². The number of nitrogens with one attached hydrogen (secondary N) is 1. The molecule has 0 spiro atoms. The summed E-state index contributed by atoms with van der Waals surface area (Å²) < 4.78 is 28.2. The fourth-order valence-electron chi connectivity index (χ4n) is 2.40. The highest BCUT2D eigenvalue weighted by molar-refractivity contribution is 7.86. The van der Waals surface area contributed by atoms with Crippen LogP contribution in [0.15, 0.2) is 0 Å². The second kappa shape index (κ2) is 7.85. The van der Waals surface area contributed by atoms with Crippen molar-refractivity contribution in [3.8, 4) is 12.3 Å². The monoisotopic (exact) mass is 287 g/mol. The molecule has 0 saturated carbocycles. The Balaban J connectivity index is 2.85. The lowest BCUT2D eigenvalue weighted by molar-refractivity contribution is 0.230. The lowest BCUT2D eigenvalue weighted by atomic mass is 10.1. The standard InChI is InChI=1S/C13H25N3O2S/c1-4-10-15(6-3)19(17,18)16-11-8-7-9-13(16)12-14-5-2/h1,13-14H,5-12H2,2-3H3. The molecule has 5 nitrogen and oxygen atoms in total. The molecule has 0 aromatic heterocycles. The summed E-state index contributed by atoms with van der Waals surface area (Å²) in [5.41, 5.74) is 0. The zero-order chi connectivity index (χ0) is 14.3. The maximum atomic E-state index is 12.6. The summed E-state index contributed by atoms with van der Waals surface area (Å²) in [5, 5.41) is 3.24. The van der Waals surface area contributed by atoms with Crippen LogP contribution in [0.1, 0.15) is 33.1 Å². The van der Waals surface area contributed by atoms with Gasteiger partial charge >= 0.3 is 0 Å². The Kier molecular flexibility index (Phi) is 6.80. The molecule has 0 amide bonds. The van der Waals surface area contributed by atoms with E-state index >= 15 is 0 Å². The van der Waals surface area contributed by atoms with Gasteiger partial charge in [0, 0.05) is 25.7 Å². The summed E-state index contributed by atoms with van der Waals surface area (Å²) in [7, 11) is -3.43. The molecule has 1 fully saturated rings. The minimum atomic E-state index is -3.43. The zero-order valence-corrected chi connectivity index (χ0v) is 12.7. The quantitative estimate of drug-likeness (QED) is 0.700. The van der Waals surface area contributed by atoms with Crippen molar-refractivity contribution in [2.45, 2.75) is 39.2 Å². The molecule has 0 bridgehead atoms. The fourth-order valence-corrected chi connectivity index (χ4v) is 4.18. The number of hydrogen-bond acceptors (Lipinski definition) is 3. The third kappa shape index (κ3) is 4.18. The van der Waals surface area contributed by atoms with Gasteiger partial charge in [0.25, 0.3) is 10.2 Å². The van der Waals surface area contributed by atoms with Gasteiger partial charge in [-0.05, 0) is 19.4 Å². The lowest BCUT2D eigenvalue weighted by Gasteiger charge is -2.37. The van der Waals surface area contributed by atoms with Crippen LogP contribution in [-0.2, 0) is 10.2 Å². The molecular formula is C13H25N3O2S. The Morgan fingerprint density at radius 3 is 2.74 bits per heavy atom. The van der Waals surface area contributed by atoms with Gasteiger partial charge in [-0.2, -0.15) is 17.0 Å². The van der Waals surface area contributed by atoms with Gasteiger partial charge in [0.1, 0.15) is 0 Å². The van der Waals surface area contributed by atoms with Crippen molar-refractivity contribution >= 4 is 10.2 Å². The first-order valence-corrected chi connectivity index (χ1v) is 8.38. The molecule has 0 aliphatic carbocycles. The molecule has 1 aliphatic rings. The maximum absolute atomic E-state index is 12.6. The minimum absolute atomic E-state index is 0.0468. The Bertz CT molecular complexity index is 403. The second-order valence-electron chi connectivity index (χ2n) is 4.71. The topological polar surface area (TPSA) is 52.7 Å². The second-order valence-corrected chi connectivity index (χ2v) is 6.59. The van der Waals surface area contributed by atoms with Crippen molar-refractivity contribution in [1.29, 1.82) is 0 Å². The van der Waals surface area contributed by atoms with Crippen LogP contribution in [0.3, 0.4) is 0 Å². The van der Waals surface area contributed by atoms with Gasteiger partial charge in [0.15, 0.2) is 0 Å². The lowest BCUT2D eigenvalue weighted by Crippen LogP contribution is -2.53.